The molecule has 1 saturated carbocycles. The highest BCUT2D eigenvalue weighted by molar-refractivity contribution is 5.99. The zero-order valence-electron chi connectivity index (χ0n) is 19.2. The lowest BCUT2D eigenvalue weighted by Crippen LogP contribution is -2.37. The van der Waals surface area contributed by atoms with Crippen LogP contribution >= 0.6 is 0 Å². The number of nitrogen functional groups attached to an aromatic ring is 1. The number of aromatic amines is 1. The Morgan fingerprint density at radius 2 is 2.15 bits per heavy atom. The number of hydrogen-bond donors (Lipinski definition) is 3. The molecule has 3 heterocycles. The molecular formula is C24H27N7O3. The van der Waals surface area contributed by atoms with E-state index < -0.39 is 5.56 Å². The van der Waals surface area contributed by atoms with Crippen LogP contribution in [0.4, 0.5) is 5.82 Å². The van der Waals surface area contributed by atoms with E-state index in [4.69, 9.17) is 20.5 Å². The molecule has 3 aromatic heterocycles. The first-order valence-electron chi connectivity index (χ1n) is 11.6. The Kier molecular flexibility index (Phi) is 5.48. The van der Waals surface area contributed by atoms with Crippen LogP contribution in [-0.4, -0.2) is 31.9 Å². The number of nitrogens with zero attached hydrogens (tertiary/aromatic N) is 4. The van der Waals surface area contributed by atoms with Gasteiger partial charge in [0.05, 0.1) is 17.5 Å². The van der Waals surface area contributed by atoms with E-state index >= 15 is 0 Å². The molecule has 2 aliphatic carbocycles. The summed E-state index contributed by atoms with van der Waals surface area (Å²) in [6.45, 7) is 4.20. The van der Waals surface area contributed by atoms with Gasteiger partial charge >= 0.3 is 0 Å². The first-order chi connectivity index (χ1) is 16.4. The van der Waals surface area contributed by atoms with Crippen LogP contribution in [0.1, 0.15) is 62.0 Å². The zero-order valence-corrected chi connectivity index (χ0v) is 19.2. The monoisotopic (exact) mass is 461 g/mol. The van der Waals surface area contributed by atoms with E-state index in [0.717, 1.165) is 49.0 Å². The van der Waals surface area contributed by atoms with Crippen LogP contribution < -0.4 is 16.6 Å². The number of hydrogen-bond acceptors (Lipinski definition) is 7. The molecule has 0 spiro atoms. The molecule has 3 aromatic rings. The fourth-order valence-corrected chi connectivity index (χ4v) is 5.18. The molecule has 5 rings (SSSR count). The third-order valence-corrected chi connectivity index (χ3v) is 6.93. The molecule has 1 unspecified atom stereocenters. The van der Waals surface area contributed by atoms with E-state index in [0.29, 0.717) is 22.8 Å². The highest BCUT2D eigenvalue weighted by Crippen LogP contribution is 2.42. The second kappa shape index (κ2) is 8.48. The van der Waals surface area contributed by atoms with Gasteiger partial charge in [-0.2, -0.15) is 15.5 Å². The number of nitriles is 1. The summed E-state index contributed by atoms with van der Waals surface area (Å²) in [5.74, 6) is 1.85. The summed E-state index contributed by atoms with van der Waals surface area (Å²) >= 11 is 0. The van der Waals surface area contributed by atoms with Crippen molar-refractivity contribution in [1.29, 1.82) is 5.26 Å². The van der Waals surface area contributed by atoms with Crippen molar-refractivity contribution in [2.24, 2.45) is 5.92 Å². The van der Waals surface area contributed by atoms with Gasteiger partial charge in [-0.3, -0.25) is 14.3 Å². The molecule has 0 bridgehead atoms. The molecule has 10 nitrogen and oxygen atoms in total. The maximum absolute atomic E-state index is 12.6. The minimum atomic E-state index is -0.399. The molecule has 0 aliphatic heterocycles. The normalized spacial score (nSPS) is 21.9. The van der Waals surface area contributed by atoms with Crippen LogP contribution in [0.2, 0.25) is 0 Å². The number of fused-ring (bicyclic) bond motifs is 2. The largest absolute Gasteiger partial charge is 0.455 e. The maximum atomic E-state index is 12.6. The summed E-state index contributed by atoms with van der Waals surface area (Å²) in [4.78, 5) is 24.4. The summed E-state index contributed by atoms with van der Waals surface area (Å²) < 4.78 is 8.20. The summed E-state index contributed by atoms with van der Waals surface area (Å²) in [5, 5.41) is 23.3. The molecule has 4 N–H and O–H groups in total. The van der Waals surface area contributed by atoms with Crippen molar-refractivity contribution in [2.45, 2.75) is 64.5 Å². The number of nitrogens with two attached hydrogens (primary N) is 1. The number of nitrogens with one attached hydrogen (secondary N) is 2. The fraction of sp³-hybridized carbons (Fsp3) is 0.458. The molecule has 1 fully saturated rings. The van der Waals surface area contributed by atoms with E-state index in [-0.39, 0.29) is 35.7 Å². The SMILES string of the molecule is Cc1c(-c2c3c(N)n[nH]c(=O)c3nn2C2CCC(NC(=O)CC#N)CC2)oc2c1CC(C)C=C2. The van der Waals surface area contributed by atoms with Gasteiger partial charge in [-0.05, 0) is 51.0 Å². The van der Waals surface area contributed by atoms with Crippen LogP contribution in [0, 0.1) is 24.2 Å². The Balaban J connectivity index is 1.57. The highest BCUT2D eigenvalue weighted by atomic mass is 16.3. The third kappa shape index (κ3) is 3.67. The van der Waals surface area contributed by atoms with E-state index in [1.165, 1.54) is 0 Å². The molecule has 0 radical (unpaired) electrons. The molecule has 2 aliphatic rings. The Labute approximate surface area is 195 Å². The lowest BCUT2D eigenvalue weighted by Gasteiger charge is -2.30. The lowest BCUT2D eigenvalue weighted by molar-refractivity contribution is -0.121. The predicted molar refractivity (Wildman–Crippen MR) is 127 cm³/mol. The molecule has 176 valence electrons. The third-order valence-electron chi connectivity index (χ3n) is 6.93. The average molecular weight is 462 g/mol. The van der Waals surface area contributed by atoms with Crippen LogP contribution in [0.3, 0.4) is 0 Å². The quantitative estimate of drug-likeness (QED) is 0.539. The lowest BCUT2D eigenvalue weighted by atomic mass is 9.90. The van der Waals surface area contributed by atoms with Crippen LogP contribution in [0.25, 0.3) is 28.4 Å². The number of carbonyl (C=O) groups excluding carboxylic acids is 1. The number of allylic oxidation sites excluding steroid dienone is 1. The number of furan rings is 1. The first-order valence-corrected chi connectivity index (χ1v) is 11.6. The molecular weight excluding hydrogens is 434 g/mol. The minimum absolute atomic E-state index is 0.00122. The minimum Gasteiger partial charge on any atom is -0.455 e. The molecule has 34 heavy (non-hydrogen) atoms. The Morgan fingerprint density at radius 1 is 1.38 bits per heavy atom. The smallest absolute Gasteiger partial charge is 0.292 e. The van der Waals surface area contributed by atoms with Crippen LogP contribution in [-0.2, 0) is 11.2 Å². The average Bonchev–Trinajstić information content (AvgIpc) is 3.36. The second-order valence-electron chi connectivity index (χ2n) is 9.30. The molecule has 0 saturated heterocycles. The van der Waals surface area contributed by atoms with Crippen molar-refractivity contribution >= 4 is 28.7 Å². The molecule has 1 atom stereocenters. The van der Waals surface area contributed by atoms with Crippen molar-refractivity contribution in [1.82, 2.24) is 25.3 Å². The summed E-state index contributed by atoms with van der Waals surface area (Å²) in [7, 11) is 0. The highest BCUT2D eigenvalue weighted by Gasteiger charge is 2.32. The summed E-state index contributed by atoms with van der Waals surface area (Å²) in [6.07, 6.45) is 7.87. The van der Waals surface area contributed by atoms with E-state index in [2.05, 4.69) is 28.5 Å². The van der Waals surface area contributed by atoms with Gasteiger partial charge < -0.3 is 15.5 Å². The zero-order chi connectivity index (χ0) is 24.0. The molecule has 1 amide bonds. The fourth-order valence-electron chi connectivity index (χ4n) is 5.18. The van der Waals surface area contributed by atoms with Crippen molar-refractivity contribution in [3.05, 3.63) is 33.3 Å². The maximum Gasteiger partial charge on any atom is 0.292 e. The van der Waals surface area contributed by atoms with Gasteiger partial charge in [-0.1, -0.05) is 13.0 Å². The summed E-state index contributed by atoms with van der Waals surface area (Å²) in [5.41, 5.74) is 8.94. The van der Waals surface area contributed by atoms with Gasteiger partial charge in [0.2, 0.25) is 5.91 Å². The summed E-state index contributed by atoms with van der Waals surface area (Å²) in [6, 6.07) is 1.90. The van der Waals surface area contributed by atoms with Gasteiger partial charge in [-0.25, -0.2) is 5.10 Å². The van der Waals surface area contributed by atoms with Gasteiger partial charge in [0.15, 0.2) is 17.1 Å². The van der Waals surface area contributed by atoms with Crippen LogP contribution in [0.5, 0.6) is 0 Å². The molecule has 10 heteroatoms. The van der Waals surface area contributed by atoms with E-state index in [1.54, 1.807) is 0 Å². The Bertz CT molecular complexity index is 1400. The number of anilines is 1. The number of aromatic nitrogens is 4. The topological polar surface area (TPSA) is 156 Å². The number of rotatable bonds is 4. The molecule has 0 aromatic carbocycles. The Morgan fingerprint density at radius 3 is 2.88 bits per heavy atom. The van der Waals surface area contributed by atoms with Gasteiger partial charge in [0.25, 0.3) is 5.56 Å². The number of H-pyrrole nitrogens is 1. The Hall–Kier alpha value is -3.87. The number of amides is 1. The number of carbonyl (C=O) groups is 1. The van der Waals surface area contributed by atoms with E-state index in [1.807, 2.05) is 23.8 Å². The first kappa shape index (κ1) is 21.9. The van der Waals surface area contributed by atoms with Crippen molar-refractivity contribution < 1.29 is 9.21 Å². The van der Waals surface area contributed by atoms with Crippen molar-refractivity contribution in [3.8, 4) is 17.5 Å². The second-order valence-corrected chi connectivity index (χ2v) is 9.30. The predicted octanol–water partition coefficient (Wildman–Crippen LogP) is 2.99. The van der Waals surface area contributed by atoms with E-state index in [9.17, 15) is 9.59 Å². The van der Waals surface area contributed by atoms with Gasteiger partial charge in [0.1, 0.15) is 17.9 Å². The van der Waals surface area contributed by atoms with Gasteiger partial charge in [0, 0.05) is 17.2 Å². The van der Waals surface area contributed by atoms with Crippen LogP contribution in [0.15, 0.2) is 15.3 Å². The van der Waals surface area contributed by atoms with Crippen molar-refractivity contribution in [3.63, 3.8) is 0 Å². The standard InChI is InChI=1S/C24H27N7O3/c1-12-3-8-17-16(11-12)13(2)22(34-17)21-19-20(24(33)29-28-23(19)26)30-31(21)15-6-4-14(5-7-15)27-18(32)9-10-25/h3,8,12,14-15H,4-7,9,11H2,1-2H3,(H2,26,28)(H,27,32)(H,29,33). The van der Waals surface area contributed by atoms with Crippen molar-refractivity contribution in [2.75, 3.05) is 5.73 Å². The van der Waals surface area contributed by atoms with Gasteiger partial charge in [-0.15, -0.1) is 0 Å².